The monoisotopic (exact) mass is 262 g/mol. The van der Waals surface area contributed by atoms with E-state index in [-0.39, 0.29) is 24.8 Å². The molecule has 0 saturated carbocycles. The van der Waals surface area contributed by atoms with E-state index in [0.717, 1.165) is 0 Å². The van der Waals surface area contributed by atoms with Gasteiger partial charge in [0.1, 0.15) is 11.9 Å². The number of halogens is 2. The molecule has 0 aliphatic carbocycles. The van der Waals surface area contributed by atoms with Crippen LogP contribution in [0.4, 0.5) is 10.1 Å². The minimum atomic E-state index is -0.935. The average molecular weight is 263 g/mol. The van der Waals surface area contributed by atoms with Crippen LogP contribution in [0.2, 0.25) is 0 Å². The van der Waals surface area contributed by atoms with Crippen molar-refractivity contribution in [2.75, 3.05) is 5.32 Å². The lowest BCUT2D eigenvalue weighted by Crippen LogP contribution is -2.29. The van der Waals surface area contributed by atoms with E-state index in [9.17, 15) is 9.18 Å². The summed E-state index contributed by atoms with van der Waals surface area (Å²) < 4.78 is 12.9. The second kappa shape index (κ2) is 7.09. The Morgan fingerprint density at radius 3 is 2.71 bits per heavy atom. The van der Waals surface area contributed by atoms with E-state index in [1.165, 1.54) is 18.2 Å². The maximum absolute atomic E-state index is 12.9. The summed E-state index contributed by atoms with van der Waals surface area (Å²) in [6, 6.07) is 3.39. The molecule has 1 atom stereocenters. The number of rotatable bonds is 5. The van der Waals surface area contributed by atoms with Gasteiger partial charge in [-0.25, -0.2) is 9.18 Å². The molecule has 96 valence electrons. The summed E-state index contributed by atoms with van der Waals surface area (Å²) in [5.41, 5.74) is 6.60. The molecule has 1 rings (SSSR count). The summed E-state index contributed by atoms with van der Waals surface area (Å²) in [6.07, 6.45) is 0.441. The predicted octanol–water partition coefficient (Wildman–Crippen LogP) is 1.98. The zero-order valence-corrected chi connectivity index (χ0v) is 10.3. The first-order chi connectivity index (χ1) is 7.58. The van der Waals surface area contributed by atoms with Crippen LogP contribution in [0, 0.1) is 5.82 Å². The van der Waals surface area contributed by atoms with Gasteiger partial charge in [-0.3, -0.25) is 0 Å². The molecule has 0 spiro atoms. The molecular weight excluding hydrogens is 247 g/mol. The summed E-state index contributed by atoms with van der Waals surface area (Å²) in [4.78, 5) is 10.8. The second-order valence-electron chi connectivity index (χ2n) is 3.45. The Bertz CT molecular complexity index is 388. The van der Waals surface area contributed by atoms with Crippen LogP contribution >= 0.6 is 12.4 Å². The van der Waals surface area contributed by atoms with Crippen LogP contribution in [0.15, 0.2) is 18.2 Å². The van der Waals surface area contributed by atoms with Crippen LogP contribution in [0.5, 0.6) is 0 Å². The summed E-state index contributed by atoms with van der Waals surface area (Å²) in [6.45, 7) is 1.92. The van der Waals surface area contributed by atoms with Gasteiger partial charge in [-0.05, 0) is 30.2 Å². The number of hydrogen-bond acceptors (Lipinski definition) is 3. The largest absolute Gasteiger partial charge is 0.480 e. The quantitative estimate of drug-likeness (QED) is 0.758. The van der Waals surface area contributed by atoms with E-state index in [2.05, 4.69) is 5.32 Å². The molecule has 0 radical (unpaired) electrons. The number of carboxylic acids is 1. The van der Waals surface area contributed by atoms with Crippen LogP contribution in [0.25, 0.3) is 0 Å². The third-order valence-electron chi connectivity index (χ3n) is 2.32. The van der Waals surface area contributed by atoms with E-state index in [0.29, 0.717) is 17.7 Å². The molecule has 1 aromatic rings. The van der Waals surface area contributed by atoms with Crippen molar-refractivity contribution < 1.29 is 14.3 Å². The third-order valence-corrected chi connectivity index (χ3v) is 2.32. The molecule has 0 fully saturated rings. The van der Waals surface area contributed by atoms with Gasteiger partial charge in [-0.15, -0.1) is 12.4 Å². The third kappa shape index (κ3) is 4.20. The smallest absolute Gasteiger partial charge is 0.326 e. The van der Waals surface area contributed by atoms with Crippen molar-refractivity contribution in [3.05, 3.63) is 29.6 Å². The molecule has 6 heteroatoms. The van der Waals surface area contributed by atoms with E-state index in [4.69, 9.17) is 10.8 Å². The molecular formula is C11H16ClFN2O2. The number of carboxylic acid groups (broad SMARTS) is 1. The number of hydrogen-bond donors (Lipinski definition) is 3. The summed E-state index contributed by atoms with van der Waals surface area (Å²) in [5.74, 6) is -1.32. The fraction of sp³-hybridized carbons (Fsp3) is 0.364. The maximum Gasteiger partial charge on any atom is 0.326 e. The molecule has 0 aliphatic heterocycles. The maximum atomic E-state index is 12.9. The highest BCUT2D eigenvalue weighted by molar-refractivity contribution is 5.85. The van der Waals surface area contributed by atoms with E-state index in [1.54, 1.807) is 6.92 Å². The molecule has 0 amide bonds. The highest BCUT2D eigenvalue weighted by atomic mass is 35.5. The first-order valence-electron chi connectivity index (χ1n) is 5.06. The van der Waals surface area contributed by atoms with Crippen LogP contribution in [0.3, 0.4) is 0 Å². The summed E-state index contributed by atoms with van der Waals surface area (Å²) >= 11 is 0. The van der Waals surface area contributed by atoms with Gasteiger partial charge in [-0.2, -0.15) is 0 Å². The number of aliphatic carboxylic acids is 1. The predicted molar refractivity (Wildman–Crippen MR) is 66.9 cm³/mol. The Labute approximate surface area is 105 Å². The molecule has 0 heterocycles. The second-order valence-corrected chi connectivity index (χ2v) is 3.45. The standard InChI is InChI=1S/C11H15FN2O2.ClH/c1-2-9(11(15)16)14-10-4-3-8(12)5-7(10)6-13;/h3-5,9,14H,2,6,13H2,1H3,(H,15,16);1H. The molecule has 4 nitrogen and oxygen atoms in total. The first kappa shape index (κ1) is 15.7. The van der Waals surface area contributed by atoms with Gasteiger partial charge < -0.3 is 16.2 Å². The number of nitrogens with one attached hydrogen (secondary N) is 1. The number of benzene rings is 1. The van der Waals surface area contributed by atoms with E-state index >= 15 is 0 Å². The summed E-state index contributed by atoms with van der Waals surface area (Å²) in [5, 5.41) is 11.7. The highest BCUT2D eigenvalue weighted by Gasteiger charge is 2.15. The first-order valence-corrected chi connectivity index (χ1v) is 5.06. The van der Waals surface area contributed by atoms with Gasteiger partial charge >= 0.3 is 5.97 Å². The molecule has 17 heavy (non-hydrogen) atoms. The van der Waals surface area contributed by atoms with Gasteiger partial charge in [0.25, 0.3) is 0 Å². The highest BCUT2D eigenvalue weighted by Crippen LogP contribution is 2.18. The van der Waals surface area contributed by atoms with Gasteiger partial charge in [0.15, 0.2) is 0 Å². The van der Waals surface area contributed by atoms with Crippen LogP contribution < -0.4 is 11.1 Å². The van der Waals surface area contributed by atoms with E-state index in [1.807, 2.05) is 0 Å². The molecule has 0 aromatic heterocycles. The lowest BCUT2D eigenvalue weighted by molar-refractivity contribution is -0.137. The Morgan fingerprint density at radius 1 is 1.59 bits per heavy atom. The number of carbonyl (C=O) groups is 1. The van der Waals surface area contributed by atoms with E-state index < -0.39 is 12.0 Å². The van der Waals surface area contributed by atoms with Crippen molar-refractivity contribution >= 4 is 24.1 Å². The van der Waals surface area contributed by atoms with Crippen molar-refractivity contribution in [1.29, 1.82) is 0 Å². The van der Waals surface area contributed by atoms with Crippen molar-refractivity contribution in [1.82, 2.24) is 0 Å². The SMILES string of the molecule is CCC(Nc1ccc(F)cc1CN)C(=O)O.Cl. The minimum absolute atomic E-state index is 0. The Balaban J connectivity index is 0.00000256. The lowest BCUT2D eigenvalue weighted by Gasteiger charge is -2.16. The lowest BCUT2D eigenvalue weighted by atomic mass is 10.1. The topological polar surface area (TPSA) is 75.3 Å². The number of anilines is 1. The molecule has 1 aromatic carbocycles. The van der Waals surface area contributed by atoms with Gasteiger partial charge in [0, 0.05) is 12.2 Å². The number of nitrogens with two attached hydrogens (primary N) is 1. The molecule has 1 unspecified atom stereocenters. The van der Waals surface area contributed by atoms with Crippen molar-refractivity contribution in [3.8, 4) is 0 Å². The zero-order chi connectivity index (χ0) is 12.1. The van der Waals surface area contributed by atoms with Crippen LogP contribution in [-0.2, 0) is 11.3 Å². The van der Waals surface area contributed by atoms with Gasteiger partial charge in [0.2, 0.25) is 0 Å². The minimum Gasteiger partial charge on any atom is -0.480 e. The van der Waals surface area contributed by atoms with Crippen molar-refractivity contribution in [2.45, 2.75) is 25.9 Å². The Kier molecular flexibility index (Phi) is 6.53. The molecule has 0 aliphatic rings. The Hall–Kier alpha value is -1.33. The summed E-state index contributed by atoms with van der Waals surface area (Å²) in [7, 11) is 0. The van der Waals surface area contributed by atoms with Gasteiger partial charge in [-0.1, -0.05) is 6.92 Å². The molecule has 0 saturated heterocycles. The van der Waals surface area contributed by atoms with Crippen LogP contribution in [-0.4, -0.2) is 17.1 Å². The van der Waals surface area contributed by atoms with Gasteiger partial charge in [0.05, 0.1) is 0 Å². The fourth-order valence-corrected chi connectivity index (χ4v) is 1.40. The fourth-order valence-electron chi connectivity index (χ4n) is 1.40. The average Bonchev–Trinajstić information content (AvgIpc) is 2.26. The zero-order valence-electron chi connectivity index (χ0n) is 9.44. The normalized spacial score (nSPS) is 11.5. The van der Waals surface area contributed by atoms with Crippen molar-refractivity contribution in [2.24, 2.45) is 5.73 Å². The van der Waals surface area contributed by atoms with Crippen LogP contribution in [0.1, 0.15) is 18.9 Å². The molecule has 4 N–H and O–H groups in total. The van der Waals surface area contributed by atoms with Crippen molar-refractivity contribution in [3.63, 3.8) is 0 Å². The Morgan fingerprint density at radius 2 is 2.24 bits per heavy atom. The molecule has 0 bridgehead atoms.